The lowest BCUT2D eigenvalue weighted by Gasteiger charge is -2.28. The highest BCUT2D eigenvalue weighted by atomic mass is 35.5. The SMILES string of the molecule is Cc1cccc(N2C(=O)C3ON(c4ccccc4)C(c4ccc(Cl)cc4)C3C2=O)c1. The van der Waals surface area contributed by atoms with Gasteiger partial charge in [-0.25, -0.2) is 9.96 Å². The lowest BCUT2D eigenvalue weighted by Crippen LogP contribution is -2.37. The molecule has 3 aromatic rings. The third-order valence-corrected chi connectivity index (χ3v) is 5.85. The number of aryl methyl sites for hydroxylation is 1. The summed E-state index contributed by atoms with van der Waals surface area (Å²) in [6, 6.07) is 23.8. The molecule has 150 valence electrons. The minimum absolute atomic E-state index is 0.256. The molecule has 3 atom stereocenters. The van der Waals surface area contributed by atoms with Crippen LogP contribution in [0.1, 0.15) is 17.2 Å². The van der Waals surface area contributed by atoms with E-state index in [0.29, 0.717) is 10.7 Å². The van der Waals surface area contributed by atoms with E-state index in [1.165, 1.54) is 4.90 Å². The molecule has 2 saturated heterocycles. The smallest absolute Gasteiger partial charge is 0.266 e. The van der Waals surface area contributed by atoms with E-state index in [2.05, 4.69) is 0 Å². The van der Waals surface area contributed by atoms with Crippen LogP contribution < -0.4 is 9.96 Å². The van der Waals surface area contributed by atoms with Crippen LogP contribution in [0.3, 0.4) is 0 Å². The van der Waals surface area contributed by atoms with Gasteiger partial charge in [0, 0.05) is 5.02 Å². The zero-order chi connectivity index (χ0) is 20.8. The second-order valence-electron chi connectivity index (χ2n) is 7.56. The topological polar surface area (TPSA) is 49.9 Å². The van der Waals surface area contributed by atoms with Crippen LogP contribution in [0.4, 0.5) is 11.4 Å². The molecule has 3 unspecified atom stereocenters. The lowest BCUT2D eigenvalue weighted by molar-refractivity contribution is -0.126. The van der Waals surface area contributed by atoms with Crippen LogP contribution in [0.5, 0.6) is 0 Å². The normalized spacial score (nSPS) is 23.2. The van der Waals surface area contributed by atoms with Crippen molar-refractivity contribution in [3.05, 3.63) is 95.0 Å². The van der Waals surface area contributed by atoms with Crippen molar-refractivity contribution in [1.82, 2.24) is 0 Å². The summed E-state index contributed by atoms with van der Waals surface area (Å²) >= 11 is 6.08. The van der Waals surface area contributed by atoms with Gasteiger partial charge in [-0.2, -0.15) is 0 Å². The van der Waals surface area contributed by atoms with Crippen molar-refractivity contribution in [2.45, 2.75) is 19.1 Å². The van der Waals surface area contributed by atoms with E-state index in [9.17, 15) is 9.59 Å². The molecule has 2 fully saturated rings. The van der Waals surface area contributed by atoms with Crippen molar-refractivity contribution < 1.29 is 14.4 Å². The summed E-state index contributed by atoms with van der Waals surface area (Å²) in [7, 11) is 0. The Morgan fingerprint density at radius 1 is 0.833 bits per heavy atom. The van der Waals surface area contributed by atoms with Crippen molar-refractivity contribution in [3.63, 3.8) is 0 Å². The van der Waals surface area contributed by atoms with Gasteiger partial charge in [-0.3, -0.25) is 14.4 Å². The van der Waals surface area contributed by atoms with Gasteiger partial charge in [0.25, 0.3) is 5.91 Å². The highest BCUT2D eigenvalue weighted by Crippen LogP contribution is 2.47. The number of halogens is 1. The third kappa shape index (κ3) is 2.98. The molecule has 2 aliphatic heterocycles. The van der Waals surface area contributed by atoms with E-state index in [-0.39, 0.29) is 11.8 Å². The Morgan fingerprint density at radius 3 is 2.23 bits per heavy atom. The number of para-hydroxylation sites is 1. The molecule has 0 radical (unpaired) electrons. The Kier molecular flexibility index (Phi) is 4.57. The van der Waals surface area contributed by atoms with Crippen molar-refractivity contribution in [2.75, 3.05) is 9.96 Å². The quantitative estimate of drug-likeness (QED) is 0.578. The summed E-state index contributed by atoms with van der Waals surface area (Å²) in [6.07, 6.45) is -0.876. The van der Waals surface area contributed by atoms with Crippen LogP contribution in [0, 0.1) is 12.8 Å². The summed E-state index contributed by atoms with van der Waals surface area (Å²) < 4.78 is 0. The molecule has 0 spiro atoms. The maximum atomic E-state index is 13.5. The molecule has 3 aromatic carbocycles. The van der Waals surface area contributed by atoms with Crippen molar-refractivity contribution >= 4 is 34.8 Å². The Bertz CT molecular complexity index is 1120. The minimum Gasteiger partial charge on any atom is -0.273 e. The predicted molar refractivity (Wildman–Crippen MR) is 115 cm³/mol. The number of benzene rings is 3. The molecule has 30 heavy (non-hydrogen) atoms. The van der Waals surface area contributed by atoms with E-state index in [1.807, 2.05) is 67.6 Å². The molecule has 5 nitrogen and oxygen atoms in total. The first-order valence-corrected chi connectivity index (χ1v) is 10.1. The molecule has 2 heterocycles. The monoisotopic (exact) mass is 418 g/mol. The minimum atomic E-state index is -0.876. The number of fused-ring (bicyclic) bond motifs is 1. The van der Waals surface area contributed by atoms with Gasteiger partial charge in [0.05, 0.1) is 17.4 Å². The van der Waals surface area contributed by atoms with Crippen molar-refractivity contribution in [1.29, 1.82) is 0 Å². The van der Waals surface area contributed by atoms with E-state index in [1.54, 1.807) is 23.3 Å². The Hall–Kier alpha value is -3.15. The number of imide groups is 1. The highest BCUT2D eigenvalue weighted by molar-refractivity contribution is 6.30. The van der Waals surface area contributed by atoms with Crippen molar-refractivity contribution in [3.8, 4) is 0 Å². The maximum absolute atomic E-state index is 13.5. The number of carbonyl (C=O) groups excluding carboxylic acids is 2. The second-order valence-corrected chi connectivity index (χ2v) is 8.00. The Morgan fingerprint density at radius 2 is 1.53 bits per heavy atom. The number of nitrogens with zero attached hydrogens (tertiary/aromatic N) is 2. The van der Waals surface area contributed by atoms with Crippen LogP contribution >= 0.6 is 11.6 Å². The molecular formula is C24H19ClN2O3. The molecule has 0 N–H and O–H groups in total. The van der Waals surface area contributed by atoms with Gasteiger partial charge in [0.1, 0.15) is 5.92 Å². The second kappa shape index (κ2) is 7.27. The zero-order valence-corrected chi connectivity index (χ0v) is 17.0. The van der Waals surface area contributed by atoms with Crippen molar-refractivity contribution in [2.24, 2.45) is 5.92 Å². The standard InChI is InChI=1S/C24H19ClN2O3/c1-15-6-5-9-19(14-15)26-23(28)20-21(16-10-12-17(25)13-11-16)27(30-22(20)24(26)29)18-7-3-2-4-8-18/h2-14,20-22H,1H3. The average molecular weight is 419 g/mol. The summed E-state index contributed by atoms with van der Waals surface area (Å²) in [5.74, 6) is -1.25. The van der Waals surface area contributed by atoms with Crippen LogP contribution in [0.15, 0.2) is 78.9 Å². The van der Waals surface area contributed by atoms with E-state index < -0.39 is 18.1 Å². The van der Waals surface area contributed by atoms with Gasteiger partial charge in [-0.05, 0) is 54.4 Å². The van der Waals surface area contributed by atoms with Gasteiger partial charge >= 0.3 is 0 Å². The Balaban J connectivity index is 1.59. The number of hydrogen-bond acceptors (Lipinski definition) is 4. The van der Waals surface area contributed by atoms with E-state index in [0.717, 1.165) is 16.8 Å². The zero-order valence-electron chi connectivity index (χ0n) is 16.2. The molecule has 0 aliphatic carbocycles. The fourth-order valence-electron chi connectivity index (χ4n) is 4.23. The number of hydroxylamine groups is 1. The van der Waals surface area contributed by atoms with Crippen LogP contribution in [0.25, 0.3) is 0 Å². The van der Waals surface area contributed by atoms with Gasteiger partial charge < -0.3 is 0 Å². The van der Waals surface area contributed by atoms with Crippen LogP contribution in [-0.4, -0.2) is 17.9 Å². The largest absolute Gasteiger partial charge is 0.273 e. The summed E-state index contributed by atoms with van der Waals surface area (Å²) in [5, 5.41) is 2.29. The average Bonchev–Trinajstić information content (AvgIpc) is 3.26. The Labute approximate surface area is 179 Å². The molecule has 0 saturated carbocycles. The molecule has 0 bridgehead atoms. The number of anilines is 2. The molecule has 5 rings (SSSR count). The molecular weight excluding hydrogens is 400 g/mol. The fourth-order valence-corrected chi connectivity index (χ4v) is 4.36. The fraction of sp³-hybridized carbons (Fsp3) is 0.167. The van der Waals surface area contributed by atoms with Crippen LogP contribution in [0.2, 0.25) is 5.02 Å². The van der Waals surface area contributed by atoms with Gasteiger partial charge in [-0.15, -0.1) is 0 Å². The van der Waals surface area contributed by atoms with Gasteiger partial charge in [-0.1, -0.05) is 54.1 Å². The lowest BCUT2D eigenvalue weighted by atomic mass is 9.90. The first-order chi connectivity index (χ1) is 14.5. The number of amides is 2. The first kappa shape index (κ1) is 18.9. The summed E-state index contributed by atoms with van der Waals surface area (Å²) in [6.45, 7) is 1.93. The van der Waals surface area contributed by atoms with Gasteiger partial charge in [0.2, 0.25) is 5.91 Å². The summed E-state index contributed by atoms with van der Waals surface area (Å²) in [4.78, 5) is 34.1. The third-order valence-electron chi connectivity index (χ3n) is 5.60. The number of rotatable bonds is 3. The van der Waals surface area contributed by atoms with E-state index >= 15 is 0 Å². The summed E-state index contributed by atoms with van der Waals surface area (Å²) in [5.41, 5.74) is 3.20. The van der Waals surface area contributed by atoms with E-state index in [4.69, 9.17) is 16.4 Å². The molecule has 2 aliphatic rings. The first-order valence-electron chi connectivity index (χ1n) is 9.75. The van der Waals surface area contributed by atoms with Crippen LogP contribution in [-0.2, 0) is 14.4 Å². The number of carbonyl (C=O) groups is 2. The molecule has 0 aromatic heterocycles. The highest BCUT2D eigenvalue weighted by Gasteiger charge is 2.60. The number of hydrogen-bond donors (Lipinski definition) is 0. The molecule has 2 amide bonds. The maximum Gasteiger partial charge on any atom is 0.266 e. The molecule has 6 heteroatoms. The van der Waals surface area contributed by atoms with Gasteiger partial charge in [0.15, 0.2) is 6.10 Å². The predicted octanol–water partition coefficient (Wildman–Crippen LogP) is 4.70.